The molecular weight excluding hydrogens is 450 g/mol. The van der Waals surface area contributed by atoms with Gasteiger partial charge in [0.25, 0.3) is 5.91 Å². The molecule has 0 aromatic carbocycles. The van der Waals surface area contributed by atoms with Gasteiger partial charge in [-0.2, -0.15) is 0 Å². The minimum Gasteiger partial charge on any atom is -0.366 e. The zero-order chi connectivity index (χ0) is 22.4. The van der Waals surface area contributed by atoms with Crippen molar-refractivity contribution in [1.82, 2.24) is 9.88 Å². The van der Waals surface area contributed by atoms with Gasteiger partial charge in [-0.15, -0.1) is 22.9 Å². The van der Waals surface area contributed by atoms with Crippen LogP contribution in [-0.4, -0.2) is 58.2 Å². The van der Waals surface area contributed by atoms with Gasteiger partial charge in [-0.3, -0.25) is 19.4 Å². The van der Waals surface area contributed by atoms with E-state index < -0.39 is 29.3 Å². The van der Waals surface area contributed by atoms with E-state index >= 15 is 0 Å². The number of thiophene rings is 1. The number of nitrogens with two attached hydrogens (primary N) is 1. The molecule has 2 amide bonds. The third-order valence-corrected chi connectivity index (χ3v) is 8.43. The van der Waals surface area contributed by atoms with Gasteiger partial charge in [0.05, 0.1) is 16.2 Å². The predicted molar refractivity (Wildman–Crippen MR) is 121 cm³/mol. The van der Waals surface area contributed by atoms with Crippen molar-refractivity contribution in [3.8, 4) is 10.4 Å². The van der Waals surface area contributed by atoms with Crippen LogP contribution in [0, 0.1) is 5.92 Å². The van der Waals surface area contributed by atoms with E-state index in [9.17, 15) is 14.4 Å². The summed E-state index contributed by atoms with van der Waals surface area (Å²) < 4.78 is 5.56. The second-order valence-electron chi connectivity index (χ2n) is 8.71. The Labute approximate surface area is 194 Å². The normalized spacial score (nSPS) is 26.5. The van der Waals surface area contributed by atoms with Crippen molar-refractivity contribution in [1.29, 1.82) is 0 Å². The van der Waals surface area contributed by atoms with Gasteiger partial charge in [0.1, 0.15) is 18.8 Å². The highest BCUT2D eigenvalue weighted by Gasteiger charge is 2.53. The maximum absolute atomic E-state index is 14.0. The molecule has 9 heteroatoms. The number of Topliss-reactive ketones (excluding diaryl/α,β-unsaturated/α-hetero) is 1. The van der Waals surface area contributed by atoms with Crippen LogP contribution >= 0.6 is 22.9 Å². The molecule has 0 radical (unpaired) electrons. The lowest BCUT2D eigenvalue weighted by Crippen LogP contribution is -2.45. The van der Waals surface area contributed by atoms with Crippen LogP contribution in [0.15, 0.2) is 30.6 Å². The molecule has 7 nitrogen and oxygen atoms in total. The minimum absolute atomic E-state index is 0.0202. The van der Waals surface area contributed by atoms with E-state index in [1.165, 1.54) is 11.3 Å². The number of alkyl halides is 1. The quantitative estimate of drug-likeness (QED) is 0.672. The fourth-order valence-electron chi connectivity index (χ4n) is 5.37. The highest BCUT2D eigenvalue weighted by molar-refractivity contribution is 7.17. The second kappa shape index (κ2) is 8.57. The number of hydrogen-bond acceptors (Lipinski definition) is 6. The summed E-state index contributed by atoms with van der Waals surface area (Å²) in [6, 6.07) is 5.00. The van der Waals surface area contributed by atoms with Crippen molar-refractivity contribution in [2.24, 2.45) is 11.7 Å². The Morgan fingerprint density at radius 2 is 1.97 bits per heavy atom. The van der Waals surface area contributed by atoms with Gasteiger partial charge in [0.2, 0.25) is 5.91 Å². The Balaban J connectivity index is 1.57. The molecule has 2 aromatic heterocycles. The number of fused-ring (bicyclic) bond motifs is 1. The predicted octanol–water partition coefficient (Wildman–Crippen LogP) is 2.97. The van der Waals surface area contributed by atoms with Crippen LogP contribution in [0.25, 0.3) is 10.4 Å². The summed E-state index contributed by atoms with van der Waals surface area (Å²) in [7, 11) is 0. The summed E-state index contributed by atoms with van der Waals surface area (Å²) in [5.74, 6) is -1.27. The van der Waals surface area contributed by atoms with Crippen LogP contribution in [0.4, 0.5) is 0 Å². The van der Waals surface area contributed by atoms with Crippen molar-refractivity contribution in [2.75, 3.05) is 13.2 Å². The number of carbonyl (C=O) groups excluding carboxylic acids is 3. The van der Waals surface area contributed by atoms with E-state index in [1.807, 2.05) is 18.2 Å². The number of ketones is 1. The zero-order valence-electron chi connectivity index (χ0n) is 17.4. The molecule has 0 unspecified atom stereocenters. The van der Waals surface area contributed by atoms with Crippen LogP contribution in [0.3, 0.4) is 0 Å². The van der Waals surface area contributed by atoms with Crippen LogP contribution in [0.1, 0.15) is 46.8 Å². The Kier molecular flexibility index (Phi) is 5.77. The van der Waals surface area contributed by atoms with Gasteiger partial charge in [0, 0.05) is 23.8 Å². The first-order chi connectivity index (χ1) is 15.5. The van der Waals surface area contributed by atoms with E-state index in [0.717, 1.165) is 36.1 Å². The first-order valence-corrected chi connectivity index (χ1v) is 12.1. The minimum atomic E-state index is -0.649. The van der Waals surface area contributed by atoms with E-state index in [2.05, 4.69) is 4.98 Å². The summed E-state index contributed by atoms with van der Waals surface area (Å²) in [6.07, 6.45) is 6.77. The number of primary amides is 1. The lowest BCUT2D eigenvalue weighted by atomic mass is 9.83. The monoisotopic (exact) mass is 473 g/mol. The Hall–Kier alpha value is -2.29. The molecule has 32 heavy (non-hydrogen) atoms. The van der Waals surface area contributed by atoms with Crippen molar-refractivity contribution in [3.63, 3.8) is 0 Å². The summed E-state index contributed by atoms with van der Waals surface area (Å²) in [5, 5.41) is -0.426. The summed E-state index contributed by atoms with van der Waals surface area (Å²) in [4.78, 5) is 45.8. The molecule has 168 valence electrons. The molecule has 2 aliphatic heterocycles. The van der Waals surface area contributed by atoms with Gasteiger partial charge in [0.15, 0.2) is 5.78 Å². The summed E-state index contributed by atoms with van der Waals surface area (Å²) in [6.45, 7) is 0.242. The second-order valence-corrected chi connectivity index (χ2v) is 10.3. The molecule has 2 saturated heterocycles. The lowest BCUT2D eigenvalue weighted by Gasteiger charge is -2.30. The number of likely N-dealkylation sites (tertiary alicyclic amines) is 1. The molecule has 5 rings (SSSR count). The third kappa shape index (κ3) is 3.64. The van der Waals surface area contributed by atoms with Crippen LogP contribution in [0.2, 0.25) is 0 Å². The van der Waals surface area contributed by atoms with Crippen molar-refractivity contribution < 1.29 is 19.1 Å². The average Bonchev–Trinajstić information content (AvgIpc) is 3.56. The Morgan fingerprint density at radius 1 is 1.25 bits per heavy atom. The molecule has 1 aliphatic carbocycles. The molecule has 2 aromatic rings. The van der Waals surface area contributed by atoms with E-state index in [4.69, 9.17) is 22.1 Å². The lowest BCUT2D eigenvalue weighted by molar-refractivity contribution is -0.138. The first kappa shape index (κ1) is 21.6. The highest BCUT2D eigenvalue weighted by Crippen LogP contribution is 2.45. The molecule has 4 heterocycles. The van der Waals surface area contributed by atoms with Crippen molar-refractivity contribution in [2.45, 2.75) is 49.1 Å². The molecule has 1 saturated carbocycles. The number of halogens is 1. The molecular formula is C23H24ClN3O4S. The highest BCUT2D eigenvalue weighted by atomic mass is 35.5. The Bertz CT molecular complexity index is 1050. The van der Waals surface area contributed by atoms with Crippen molar-refractivity contribution in [3.05, 3.63) is 41.0 Å². The summed E-state index contributed by atoms with van der Waals surface area (Å²) in [5.41, 5.74) is 7.34. The van der Waals surface area contributed by atoms with Crippen LogP contribution in [-0.2, 0) is 14.3 Å². The maximum atomic E-state index is 14.0. The largest absolute Gasteiger partial charge is 0.366 e. The number of aromatic nitrogens is 1. The van der Waals surface area contributed by atoms with E-state index in [0.29, 0.717) is 10.4 Å². The molecule has 0 spiro atoms. The molecule has 0 bridgehead atoms. The number of amides is 2. The maximum Gasteiger partial charge on any atom is 0.259 e. The van der Waals surface area contributed by atoms with Gasteiger partial charge in [-0.25, -0.2) is 0 Å². The van der Waals surface area contributed by atoms with Crippen LogP contribution in [0.5, 0.6) is 0 Å². The number of carbonyl (C=O) groups is 3. The molecule has 4 atom stereocenters. The van der Waals surface area contributed by atoms with Crippen molar-refractivity contribution >= 4 is 40.5 Å². The number of nitrogens with zero attached hydrogens (tertiary/aromatic N) is 2. The number of hydrogen-bond donors (Lipinski definition) is 1. The Morgan fingerprint density at radius 3 is 2.66 bits per heavy atom. The van der Waals surface area contributed by atoms with Crippen LogP contribution < -0.4 is 5.73 Å². The van der Waals surface area contributed by atoms with Gasteiger partial charge >= 0.3 is 0 Å². The smallest absolute Gasteiger partial charge is 0.259 e. The van der Waals surface area contributed by atoms with Gasteiger partial charge in [-0.1, -0.05) is 12.8 Å². The molecule has 2 N–H and O–H groups in total. The third-order valence-electron chi connectivity index (χ3n) is 6.83. The SMILES string of the molecule is NC(=O)c1sc(-c2ccncc2)cc1[C@@H](C(=O)N1C[C@H](Cl)[C@H]2OCC(=O)[C@H]21)C1CCCC1. The first-order valence-electron chi connectivity index (χ1n) is 10.9. The molecule has 3 aliphatic rings. The van der Waals surface area contributed by atoms with E-state index in [-0.39, 0.29) is 30.8 Å². The fourth-order valence-corrected chi connectivity index (χ4v) is 6.79. The molecule has 3 fully saturated rings. The van der Waals surface area contributed by atoms with Gasteiger partial charge in [-0.05, 0) is 48.1 Å². The zero-order valence-corrected chi connectivity index (χ0v) is 19.0. The average molecular weight is 474 g/mol. The van der Waals surface area contributed by atoms with E-state index in [1.54, 1.807) is 17.3 Å². The van der Waals surface area contributed by atoms with Gasteiger partial charge < -0.3 is 15.4 Å². The number of rotatable bonds is 5. The standard InChI is InChI=1S/C23H24ClN3O4S/c24-15-10-27(19-16(28)11-31-20(15)19)23(30)18(13-3-1-2-4-13)14-9-17(32-21(14)22(25)29)12-5-7-26-8-6-12/h5-9,13,15,18-20H,1-4,10-11H2,(H2,25,29)/t15-,18-,19+,20+/m0/s1. The number of pyridine rings is 1. The summed E-state index contributed by atoms with van der Waals surface area (Å²) >= 11 is 7.74. The fraction of sp³-hybridized carbons (Fsp3) is 0.478. The topological polar surface area (TPSA) is 103 Å². The number of ether oxygens (including phenoxy) is 1.